The van der Waals surface area contributed by atoms with Crippen molar-refractivity contribution in [2.24, 2.45) is 5.41 Å². The third-order valence-electron chi connectivity index (χ3n) is 2.55. The molecule has 1 rings (SSSR count). The van der Waals surface area contributed by atoms with Crippen LogP contribution >= 0.6 is 18.2 Å². The standard InChI is InChI=1S/C7H14ClO3P/c1-6(2)5-10-12(8,9)11-7(6,3)4/h5H2,1-4H3. The summed E-state index contributed by atoms with van der Waals surface area (Å²) >= 11 is 5.49. The fourth-order valence-electron chi connectivity index (χ4n) is 0.835. The van der Waals surface area contributed by atoms with Gasteiger partial charge in [0.1, 0.15) is 0 Å². The minimum atomic E-state index is -3.32. The molecule has 0 bridgehead atoms. The first-order valence-corrected chi connectivity index (χ1v) is 6.26. The van der Waals surface area contributed by atoms with Crippen LogP contribution in [0.3, 0.4) is 0 Å². The Morgan fingerprint density at radius 1 is 1.33 bits per heavy atom. The minimum Gasteiger partial charge on any atom is -0.296 e. The monoisotopic (exact) mass is 212 g/mol. The van der Waals surface area contributed by atoms with Crippen molar-refractivity contribution in [2.75, 3.05) is 6.61 Å². The fraction of sp³-hybridized carbons (Fsp3) is 1.00. The van der Waals surface area contributed by atoms with E-state index < -0.39 is 12.5 Å². The smallest absolute Gasteiger partial charge is 0.296 e. The van der Waals surface area contributed by atoms with Gasteiger partial charge in [0.2, 0.25) is 0 Å². The minimum absolute atomic E-state index is 0.171. The lowest BCUT2D eigenvalue weighted by Crippen LogP contribution is -2.46. The first kappa shape index (κ1) is 10.5. The summed E-state index contributed by atoms with van der Waals surface area (Å²) in [4.78, 5) is 0. The molecule has 0 aromatic heterocycles. The molecule has 1 heterocycles. The molecule has 0 saturated carbocycles. The van der Waals surface area contributed by atoms with E-state index in [9.17, 15) is 4.57 Å². The summed E-state index contributed by atoms with van der Waals surface area (Å²) in [6, 6.07) is 0. The molecular formula is C7H14ClO3P. The van der Waals surface area contributed by atoms with Gasteiger partial charge < -0.3 is 0 Å². The number of halogens is 1. The van der Waals surface area contributed by atoms with E-state index in [4.69, 9.17) is 20.3 Å². The Balaban J connectivity index is 2.89. The Hall–Kier alpha value is 0.440. The Morgan fingerprint density at radius 2 is 1.83 bits per heavy atom. The molecule has 72 valence electrons. The SMILES string of the molecule is CC1(C)COP(=O)(Cl)OC1(C)C. The molecule has 1 aliphatic heterocycles. The predicted molar refractivity (Wildman–Crippen MR) is 48.4 cm³/mol. The molecule has 1 aliphatic rings. The van der Waals surface area contributed by atoms with Crippen molar-refractivity contribution in [1.29, 1.82) is 0 Å². The lowest BCUT2D eigenvalue weighted by atomic mass is 9.78. The molecule has 0 aromatic carbocycles. The van der Waals surface area contributed by atoms with E-state index in [1.807, 2.05) is 27.7 Å². The van der Waals surface area contributed by atoms with Crippen LogP contribution in [0.25, 0.3) is 0 Å². The molecule has 0 aromatic rings. The highest BCUT2D eigenvalue weighted by Crippen LogP contribution is 2.63. The predicted octanol–water partition coefficient (Wildman–Crippen LogP) is 3.18. The Labute approximate surface area is 77.7 Å². The molecule has 0 amide bonds. The average molecular weight is 213 g/mol. The van der Waals surface area contributed by atoms with Crippen molar-refractivity contribution < 1.29 is 13.6 Å². The van der Waals surface area contributed by atoms with Gasteiger partial charge in [-0.25, -0.2) is 4.57 Å². The third kappa shape index (κ3) is 1.85. The molecule has 1 fully saturated rings. The van der Waals surface area contributed by atoms with Crippen LogP contribution in [-0.2, 0) is 13.6 Å². The van der Waals surface area contributed by atoms with Gasteiger partial charge in [-0.3, -0.25) is 9.05 Å². The van der Waals surface area contributed by atoms with Gasteiger partial charge in [-0.05, 0) is 13.8 Å². The van der Waals surface area contributed by atoms with Crippen LogP contribution < -0.4 is 0 Å². The van der Waals surface area contributed by atoms with E-state index >= 15 is 0 Å². The maximum absolute atomic E-state index is 11.3. The van der Waals surface area contributed by atoms with Crippen molar-refractivity contribution in [3.05, 3.63) is 0 Å². The molecule has 3 nitrogen and oxygen atoms in total. The van der Waals surface area contributed by atoms with E-state index in [-0.39, 0.29) is 5.41 Å². The number of hydrogen-bond donors (Lipinski definition) is 0. The molecule has 1 atom stereocenters. The van der Waals surface area contributed by atoms with E-state index in [1.165, 1.54) is 0 Å². The number of rotatable bonds is 0. The summed E-state index contributed by atoms with van der Waals surface area (Å²) in [6.07, 6.45) is 0. The summed E-state index contributed by atoms with van der Waals surface area (Å²) in [5, 5.41) is 0. The average Bonchev–Trinajstić information content (AvgIpc) is 1.79. The van der Waals surface area contributed by atoms with E-state index in [1.54, 1.807) is 0 Å². The van der Waals surface area contributed by atoms with Crippen molar-refractivity contribution in [3.8, 4) is 0 Å². The zero-order chi connectivity index (χ0) is 9.62. The van der Waals surface area contributed by atoms with Gasteiger partial charge in [-0.1, -0.05) is 13.8 Å². The molecule has 5 heteroatoms. The van der Waals surface area contributed by atoms with Gasteiger partial charge in [0, 0.05) is 16.7 Å². The largest absolute Gasteiger partial charge is 0.424 e. The molecule has 0 N–H and O–H groups in total. The van der Waals surface area contributed by atoms with Crippen LogP contribution in [0.5, 0.6) is 0 Å². The van der Waals surface area contributed by atoms with Gasteiger partial charge in [-0.2, -0.15) is 0 Å². The summed E-state index contributed by atoms with van der Waals surface area (Å²) in [6.45, 7) is 4.76. The summed E-state index contributed by atoms with van der Waals surface area (Å²) in [5.74, 6) is 0. The normalized spacial score (nSPS) is 39.4. The number of hydrogen-bond acceptors (Lipinski definition) is 3. The van der Waals surface area contributed by atoms with Crippen LogP contribution in [0.2, 0.25) is 0 Å². The molecule has 1 saturated heterocycles. The first-order chi connectivity index (χ1) is 5.16. The molecule has 1 unspecified atom stereocenters. The molecular weight excluding hydrogens is 199 g/mol. The maximum Gasteiger partial charge on any atom is 0.424 e. The Morgan fingerprint density at radius 3 is 2.17 bits per heavy atom. The van der Waals surface area contributed by atoms with Crippen molar-refractivity contribution in [2.45, 2.75) is 33.3 Å². The van der Waals surface area contributed by atoms with Crippen LogP contribution in [0, 0.1) is 5.41 Å². The Bertz CT molecular complexity index is 237. The van der Waals surface area contributed by atoms with Crippen LogP contribution in [0.1, 0.15) is 27.7 Å². The summed E-state index contributed by atoms with van der Waals surface area (Å²) < 4.78 is 21.3. The van der Waals surface area contributed by atoms with Crippen molar-refractivity contribution >= 4 is 18.2 Å². The molecule has 12 heavy (non-hydrogen) atoms. The van der Waals surface area contributed by atoms with Gasteiger partial charge in [-0.15, -0.1) is 0 Å². The van der Waals surface area contributed by atoms with Gasteiger partial charge in [0.15, 0.2) is 0 Å². The maximum atomic E-state index is 11.3. The highest BCUT2D eigenvalue weighted by atomic mass is 35.7. The van der Waals surface area contributed by atoms with E-state index in [0.29, 0.717) is 6.61 Å². The quantitative estimate of drug-likeness (QED) is 0.579. The van der Waals surface area contributed by atoms with Gasteiger partial charge in [0.25, 0.3) is 0 Å². The zero-order valence-electron chi connectivity index (χ0n) is 7.76. The van der Waals surface area contributed by atoms with Crippen LogP contribution in [-0.4, -0.2) is 12.2 Å². The summed E-state index contributed by atoms with van der Waals surface area (Å²) in [7, 11) is 0. The summed E-state index contributed by atoms with van der Waals surface area (Å²) in [5.41, 5.74) is -0.682. The van der Waals surface area contributed by atoms with Crippen LogP contribution in [0.15, 0.2) is 0 Å². The van der Waals surface area contributed by atoms with Gasteiger partial charge >= 0.3 is 6.95 Å². The molecule has 0 radical (unpaired) electrons. The van der Waals surface area contributed by atoms with E-state index in [2.05, 4.69) is 0 Å². The second-order valence-corrected chi connectivity index (χ2v) is 6.73. The first-order valence-electron chi connectivity index (χ1n) is 3.81. The highest BCUT2D eigenvalue weighted by Gasteiger charge is 2.48. The lowest BCUT2D eigenvalue weighted by molar-refractivity contribution is -0.0797. The zero-order valence-corrected chi connectivity index (χ0v) is 9.41. The fourth-order valence-corrected chi connectivity index (χ4v) is 2.82. The third-order valence-corrected chi connectivity index (χ3v) is 4.16. The topological polar surface area (TPSA) is 35.5 Å². The van der Waals surface area contributed by atoms with Crippen LogP contribution in [0.4, 0.5) is 0 Å². The van der Waals surface area contributed by atoms with E-state index in [0.717, 1.165) is 0 Å². The molecule has 0 aliphatic carbocycles. The second kappa shape index (κ2) is 2.71. The van der Waals surface area contributed by atoms with Crippen molar-refractivity contribution in [1.82, 2.24) is 0 Å². The second-order valence-electron chi connectivity index (χ2n) is 4.19. The highest BCUT2D eigenvalue weighted by molar-refractivity contribution is 7.81. The van der Waals surface area contributed by atoms with Gasteiger partial charge in [0.05, 0.1) is 12.2 Å². The molecule has 0 spiro atoms. The Kier molecular flexibility index (Phi) is 2.38. The lowest BCUT2D eigenvalue weighted by Gasteiger charge is -2.45. The van der Waals surface area contributed by atoms with Crippen molar-refractivity contribution in [3.63, 3.8) is 0 Å².